The highest BCUT2D eigenvalue weighted by Gasteiger charge is 2.26. The predicted molar refractivity (Wildman–Crippen MR) is 100 cm³/mol. The summed E-state index contributed by atoms with van der Waals surface area (Å²) in [5.74, 6) is 0.0232. The van der Waals surface area contributed by atoms with E-state index in [1.165, 1.54) is 10.7 Å². The number of halogens is 2. The van der Waals surface area contributed by atoms with Crippen LogP contribution >= 0.6 is 0 Å². The summed E-state index contributed by atoms with van der Waals surface area (Å²) in [5, 5.41) is 4.84. The maximum absolute atomic E-state index is 12.8. The van der Waals surface area contributed by atoms with Crippen LogP contribution in [0.3, 0.4) is 0 Å². The van der Waals surface area contributed by atoms with Gasteiger partial charge in [-0.1, -0.05) is 0 Å². The van der Waals surface area contributed by atoms with Crippen molar-refractivity contribution in [2.45, 2.75) is 38.7 Å². The van der Waals surface area contributed by atoms with E-state index in [9.17, 15) is 13.6 Å². The van der Waals surface area contributed by atoms with Crippen LogP contribution < -0.4 is 0 Å². The molecule has 0 N–H and O–H groups in total. The van der Waals surface area contributed by atoms with Crippen molar-refractivity contribution in [2.75, 3.05) is 13.1 Å². The molecule has 0 bridgehead atoms. The predicted octanol–water partition coefficient (Wildman–Crippen LogP) is 3.48. The summed E-state index contributed by atoms with van der Waals surface area (Å²) < 4.78 is 27.0. The minimum atomic E-state index is -2.64. The van der Waals surface area contributed by atoms with Gasteiger partial charge >= 0.3 is 0 Å². The summed E-state index contributed by atoms with van der Waals surface area (Å²) >= 11 is 0. The Labute approximate surface area is 161 Å². The lowest BCUT2D eigenvalue weighted by Gasteiger charge is -2.32. The van der Waals surface area contributed by atoms with Gasteiger partial charge < -0.3 is 4.90 Å². The van der Waals surface area contributed by atoms with E-state index >= 15 is 0 Å². The van der Waals surface area contributed by atoms with Gasteiger partial charge in [0, 0.05) is 48.2 Å². The van der Waals surface area contributed by atoms with Crippen molar-refractivity contribution < 1.29 is 13.6 Å². The zero-order valence-electron chi connectivity index (χ0n) is 15.6. The van der Waals surface area contributed by atoms with Crippen LogP contribution in [0.4, 0.5) is 8.78 Å². The summed E-state index contributed by atoms with van der Waals surface area (Å²) in [4.78, 5) is 23.5. The maximum atomic E-state index is 12.8. The molecule has 0 saturated carbocycles. The lowest BCUT2D eigenvalue weighted by molar-refractivity contribution is -0.133. The monoisotopic (exact) mass is 385 g/mol. The van der Waals surface area contributed by atoms with Crippen LogP contribution in [0.15, 0.2) is 36.7 Å². The average molecular weight is 385 g/mol. The standard InChI is InChI=1S/C20H21F2N5O/c1-13-8-18(20(21)22)25-27(13)12-19(28)26-7-3-5-15(11-26)17-9-16-14(10-24-17)4-2-6-23-16/h2,4,6,8-10,15,20H,3,5,7,11-12H2,1H3/t15-/m1/s1. The molecule has 1 fully saturated rings. The van der Waals surface area contributed by atoms with Crippen LogP contribution in [-0.4, -0.2) is 43.6 Å². The van der Waals surface area contributed by atoms with Gasteiger partial charge in [-0.25, -0.2) is 8.78 Å². The van der Waals surface area contributed by atoms with Gasteiger partial charge in [-0.05, 0) is 44.0 Å². The van der Waals surface area contributed by atoms with Crippen LogP contribution in [0.5, 0.6) is 0 Å². The fraction of sp³-hybridized carbons (Fsp3) is 0.400. The molecule has 0 aromatic carbocycles. The lowest BCUT2D eigenvalue weighted by Crippen LogP contribution is -2.41. The Morgan fingerprint density at radius 2 is 2.18 bits per heavy atom. The van der Waals surface area contributed by atoms with E-state index in [4.69, 9.17) is 0 Å². The molecule has 4 heterocycles. The molecule has 3 aromatic heterocycles. The van der Waals surface area contributed by atoms with E-state index in [1.807, 2.05) is 24.4 Å². The summed E-state index contributed by atoms with van der Waals surface area (Å²) in [6, 6.07) is 7.15. The van der Waals surface area contributed by atoms with Crippen molar-refractivity contribution >= 4 is 16.8 Å². The third kappa shape index (κ3) is 3.72. The Balaban J connectivity index is 1.47. The largest absolute Gasteiger partial charge is 0.340 e. The second kappa shape index (κ2) is 7.61. The first-order chi connectivity index (χ1) is 13.5. The highest BCUT2D eigenvalue weighted by Crippen LogP contribution is 2.27. The zero-order chi connectivity index (χ0) is 19.7. The molecule has 1 saturated heterocycles. The third-order valence-corrected chi connectivity index (χ3v) is 5.21. The minimum Gasteiger partial charge on any atom is -0.340 e. The smallest absolute Gasteiger partial charge is 0.282 e. The molecule has 4 rings (SSSR count). The van der Waals surface area contributed by atoms with Crippen molar-refractivity contribution in [1.82, 2.24) is 24.6 Å². The molecular formula is C20H21F2N5O. The van der Waals surface area contributed by atoms with Crippen LogP contribution in [0.2, 0.25) is 0 Å². The van der Waals surface area contributed by atoms with Gasteiger partial charge in [0.2, 0.25) is 5.91 Å². The number of fused-ring (bicyclic) bond motifs is 1. The molecule has 6 nitrogen and oxygen atoms in total. The first-order valence-electron chi connectivity index (χ1n) is 9.32. The summed E-state index contributed by atoms with van der Waals surface area (Å²) in [5.41, 5.74) is 2.08. The highest BCUT2D eigenvalue weighted by molar-refractivity contribution is 5.78. The second-order valence-corrected chi connectivity index (χ2v) is 7.15. The number of nitrogens with zero attached hydrogens (tertiary/aromatic N) is 5. The van der Waals surface area contributed by atoms with Crippen LogP contribution in [0.1, 0.15) is 42.3 Å². The Morgan fingerprint density at radius 3 is 2.96 bits per heavy atom. The van der Waals surface area contributed by atoms with E-state index in [1.54, 1.807) is 18.0 Å². The van der Waals surface area contributed by atoms with Gasteiger partial charge in [0.15, 0.2) is 0 Å². The van der Waals surface area contributed by atoms with E-state index < -0.39 is 6.43 Å². The van der Waals surface area contributed by atoms with Gasteiger partial charge in [0.1, 0.15) is 12.2 Å². The molecule has 28 heavy (non-hydrogen) atoms. The number of piperidine rings is 1. The Morgan fingerprint density at radius 1 is 1.32 bits per heavy atom. The number of aromatic nitrogens is 4. The molecule has 1 amide bonds. The molecule has 1 atom stereocenters. The van der Waals surface area contributed by atoms with Crippen LogP contribution in [0, 0.1) is 6.92 Å². The number of carbonyl (C=O) groups is 1. The van der Waals surface area contributed by atoms with Gasteiger partial charge in [-0.15, -0.1) is 0 Å². The van der Waals surface area contributed by atoms with Crippen molar-refractivity contribution in [1.29, 1.82) is 0 Å². The van der Waals surface area contributed by atoms with Gasteiger partial charge in [-0.2, -0.15) is 5.10 Å². The molecule has 0 radical (unpaired) electrons. The molecule has 146 valence electrons. The second-order valence-electron chi connectivity index (χ2n) is 7.15. The van der Waals surface area contributed by atoms with Crippen molar-refractivity contribution in [3.63, 3.8) is 0 Å². The number of rotatable bonds is 4. The molecule has 0 unspecified atom stereocenters. The number of hydrogen-bond acceptors (Lipinski definition) is 4. The summed E-state index contributed by atoms with van der Waals surface area (Å²) in [7, 11) is 0. The SMILES string of the molecule is Cc1cc(C(F)F)nn1CC(=O)N1CCC[C@@H](c2cc3ncccc3cn2)C1. The molecular weight excluding hydrogens is 364 g/mol. The Kier molecular flexibility index (Phi) is 5.02. The number of amides is 1. The van der Waals surface area contributed by atoms with Gasteiger partial charge in [0.05, 0.1) is 5.52 Å². The molecule has 0 spiro atoms. The molecule has 0 aliphatic carbocycles. The molecule has 1 aliphatic heterocycles. The molecule has 8 heteroatoms. The van der Waals surface area contributed by atoms with Gasteiger partial charge in [0.25, 0.3) is 6.43 Å². The van der Waals surface area contributed by atoms with Gasteiger partial charge in [-0.3, -0.25) is 19.4 Å². The maximum Gasteiger partial charge on any atom is 0.282 e. The summed E-state index contributed by atoms with van der Waals surface area (Å²) in [6.07, 6.45) is 2.76. The first kappa shape index (κ1) is 18.5. The average Bonchev–Trinajstić information content (AvgIpc) is 3.08. The van der Waals surface area contributed by atoms with E-state index in [0.29, 0.717) is 18.8 Å². The normalized spacial score (nSPS) is 17.4. The zero-order valence-corrected chi connectivity index (χ0v) is 15.6. The Bertz CT molecular complexity index is 1000. The number of carbonyl (C=O) groups excluding carboxylic acids is 1. The summed E-state index contributed by atoms with van der Waals surface area (Å²) in [6.45, 7) is 2.87. The number of hydrogen-bond donors (Lipinski definition) is 0. The fourth-order valence-electron chi connectivity index (χ4n) is 3.68. The Hall–Kier alpha value is -2.90. The fourth-order valence-corrected chi connectivity index (χ4v) is 3.68. The van der Waals surface area contributed by atoms with E-state index in [0.717, 1.165) is 29.4 Å². The quantitative estimate of drug-likeness (QED) is 0.690. The number of alkyl halides is 2. The van der Waals surface area contributed by atoms with Crippen LogP contribution in [-0.2, 0) is 11.3 Å². The van der Waals surface area contributed by atoms with Crippen molar-refractivity contribution in [3.8, 4) is 0 Å². The van der Waals surface area contributed by atoms with E-state index in [2.05, 4.69) is 15.1 Å². The molecule has 1 aliphatic rings. The topological polar surface area (TPSA) is 63.9 Å². The first-order valence-corrected chi connectivity index (χ1v) is 9.32. The highest BCUT2D eigenvalue weighted by atomic mass is 19.3. The third-order valence-electron chi connectivity index (χ3n) is 5.21. The van der Waals surface area contributed by atoms with E-state index in [-0.39, 0.29) is 24.1 Å². The number of pyridine rings is 2. The lowest BCUT2D eigenvalue weighted by atomic mass is 9.94. The van der Waals surface area contributed by atoms with Crippen LogP contribution in [0.25, 0.3) is 10.9 Å². The molecule has 3 aromatic rings. The minimum absolute atomic E-state index is 0.0298. The van der Waals surface area contributed by atoms with Crippen molar-refractivity contribution in [3.05, 3.63) is 53.7 Å². The number of likely N-dealkylation sites (tertiary alicyclic amines) is 1. The number of aryl methyl sites for hydroxylation is 1. The van der Waals surface area contributed by atoms with Crippen molar-refractivity contribution in [2.24, 2.45) is 0 Å².